The molecule has 2 nitrogen and oxygen atoms in total. The Morgan fingerprint density at radius 1 is 1.25 bits per heavy atom. The van der Waals surface area contributed by atoms with Crippen LogP contribution in [0.5, 0.6) is 11.5 Å². The summed E-state index contributed by atoms with van der Waals surface area (Å²) in [6.45, 7) is 0.804. The van der Waals surface area contributed by atoms with Crippen LogP contribution in [0.3, 0.4) is 0 Å². The summed E-state index contributed by atoms with van der Waals surface area (Å²) in [5.74, 6) is 1.98. The Labute approximate surface area is 127 Å². The van der Waals surface area contributed by atoms with E-state index in [0.29, 0.717) is 0 Å². The fourth-order valence-electron chi connectivity index (χ4n) is 2.58. The zero-order valence-corrected chi connectivity index (χ0v) is 13.0. The Hall–Kier alpha value is -1.48. The summed E-state index contributed by atoms with van der Waals surface area (Å²) in [4.78, 5) is 0.282. The molecular formula is C17H17BrO2. The molecule has 20 heavy (non-hydrogen) atoms. The van der Waals surface area contributed by atoms with Gasteiger partial charge in [0, 0.05) is 11.2 Å². The van der Waals surface area contributed by atoms with Gasteiger partial charge in [-0.2, -0.15) is 0 Å². The fourth-order valence-corrected chi connectivity index (χ4v) is 3.22. The van der Waals surface area contributed by atoms with Crippen molar-refractivity contribution in [2.24, 2.45) is 0 Å². The second-order valence-electron chi connectivity index (χ2n) is 4.95. The van der Waals surface area contributed by atoms with E-state index in [1.165, 1.54) is 16.7 Å². The van der Waals surface area contributed by atoms with E-state index in [4.69, 9.17) is 9.47 Å². The number of hydrogen-bond acceptors (Lipinski definition) is 2. The van der Waals surface area contributed by atoms with Crippen LogP contribution in [0.4, 0.5) is 0 Å². The number of para-hydroxylation sites is 1. The third-order valence-corrected chi connectivity index (χ3v) is 4.52. The summed E-state index contributed by atoms with van der Waals surface area (Å²) < 4.78 is 11.0. The van der Waals surface area contributed by atoms with Crippen LogP contribution in [0.25, 0.3) is 0 Å². The van der Waals surface area contributed by atoms with Crippen LogP contribution in [0.1, 0.15) is 21.5 Å². The minimum Gasteiger partial charge on any atom is -0.496 e. The van der Waals surface area contributed by atoms with E-state index in [-0.39, 0.29) is 4.83 Å². The normalized spacial score (nSPS) is 14.5. The van der Waals surface area contributed by atoms with Crippen LogP contribution in [-0.4, -0.2) is 13.7 Å². The van der Waals surface area contributed by atoms with E-state index in [1.807, 2.05) is 18.2 Å². The van der Waals surface area contributed by atoms with Crippen LogP contribution in [0.2, 0.25) is 0 Å². The molecule has 1 aliphatic rings. The molecule has 0 fully saturated rings. The molecule has 2 aromatic rings. The highest BCUT2D eigenvalue weighted by molar-refractivity contribution is 9.09. The summed E-state index contributed by atoms with van der Waals surface area (Å²) in [7, 11) is 1.72. The minimum atomic E-state index is 0.282. The SMILES string of the molecule is COc1ccccc1CC(Br)c1ccc2c(c1)CCO2. The number of hydrogen-bond donors (Lipinski definition) is 0. The molecular weight excluding hydrogens is 316 g/mol. The van der Waals surface area contributed by atoms with E-state index in [1.54, 1.807) is 7.11 Å². The lowest BCUT2D eigenvalue weighted by Gasteiger charge is -2.14. The first-order valence-corrected chi connectivity index (χ1v) is 7.71. The van der Waals surface area contributed by atoms with Crippen LogP contribution >= 0.6 is 15.9 Å². The van der Waals surface area contributed by atoms with Crippen molar-refractivity contribution in [2.45, 2.75) is 17.7 Å². The maximum absolute atomic E-state index is 5.55. The van der Waals surface area contributed by atoms with Crippen molar-refractivity contribution in [3.8, 4) is 11.5 Å². The number of rotatable bonds is 4. The molecule has 0 aliphatic carbocycles. The lowest BCUT2D eigenvalue weighted by Crippen LogP contribution is -1.98. The van der Waals surface area contributed by atoms with Gasteiger partial charge in [-0.3, -0.25) is 0 Å². The van der Waals surface area contributed by atoms with E-state index in [2.05, 4.69) is 40.2 Å². The number of fused-ring (bicyclic) bond motifs is 1. The van der Waals surface area contributed by atoms with Crippen molar-refractivity contribution >= 4 is 15.9 Å². The third kappa shape index (κ3) is 2.68. The first kappa shape index (κ1) is 13.5. The molecule has 1 heterocycles. The van der Waals surface area contributed by atoms with E-state index < -0.39 is 0 Å². The molecule has 0 saturated heterocycles. The van der Waals surface area contributed by atoms with Crippen molar-refractivity contribution in [3.05, 3.63) is 59.2 Å². The number of halogens is 1. The Morgan fingerprint density at radius 3 is 2.95 bits per heavy atom. The van der Waals surface area contributed by atoms with Crippen molar-refractivity contribution in [1.82, 2.24) is 0 Å². The summed E-state index contributed by atoms with van der Waals surface area (Å²) >= 11 is 3.80. The molecule has 0 spiro atoms. The summed E-state index contributed by atoms with van der Waals surface area (Å²) in [5, 5.41) is 0. The Balaban J connectivity index is 1.81. The van der Waals surface area contributed by atoms with Gasteiger partial charge in [-0.05, 0) is 35.2 Å². The zero-order valence-electron chi connectivity index (χ0n) is 11.4. The van der Waals surface area contributed by atoms with Gasteiger partial charge in [0.1, 0.15) is 11.5 Å². The average molecular weight is 333 g/mol. The quantitative estimate of drug-likeness (QED) is 0.777. The van der Waals surface area contributed by atoms with Gasteiger partial charge in [0.25, 0.3) is 0 Å². The molecule has 104 valence electrons. The van der Waals surface area contributed by atoms with Gasteiger partial charge in [-0.25, -0.2) is 0 Å². The van der Waals surface area contributed by atoms with E-state index in [9.17, 15) is 0 Å². The Kier molecular flexibility index (Phi) is 3.97. The Morgan fingerprint density at radius 2 is 2.10 bits per heavy atom. The second kappa shape index (κ2) is 5.88. The van der Waals surface area contributed by atoms with Crippen molar-refractivity contribution in [2.75, 3.05) is 13.7 Å². The van der Waals surface area contributed by atoms with Gasteiger partial charge >= 0.3 is 0 Å². The van der Waals surface area contributed by atoms with E-state index in [0.717, 1.165) is 30.9 Å². The van der Waals surface area contributed by atoms with Gasteiger partial charge in [0.15, 0.2) is 0 Å². The highest BCUT2D eigenvalue weighted by Crippen LogP contribution is 2.34. The maximum atomic E-state index is 5.55. The lowest BCUT2D eigenvalue weighted by molar-refractivity contribution is 0.357. The van der Waals surface area contributed by atoms with Crippen LogP contribution in [-0.2, 0) is 12.8 Å². The molecule has 3 heteroatoms. The largest absolute Gasteiger partial charge is 0.496 e. The Bertz CT molecular complexity index is 610. The zero-order chi connectivity index (χ0) is 13.9. The predicted octanol–water partition coefficient (Wildman–Crippen LogP) is 4.31. The van der Waals surface area contributed by atoms with Gasteiger partial charge in [-0.1, -0.05) is 46.3 Å². The molecule has 1 unspecified atom stereocenters. The summed E-state index contributed by atoms with van der Waals surface area (Å²) in [5.41, 5.74) is 3.82. The molecule has 2 aromatic carbocycles. The van der Waals surface area contributed by atoms with Crippen molar-refractivity contribution in [1.29, 1.82) is 0 Å². The molecule has 3 rings (SSSR count). The number of methoxy groups -OCH3 is 1. The van der Waals surface area contributed by atoms with Gasteiger partial charge < -0.3 is 9.47 Å². The van der Waals surface area contributed by atoms with Gasteiger partial charge in [0.2, 0.25) is 0 Å². The molecule has 0 radical (unpaired) electrons. The van der Waals surface area contributed by atoms with Crippen LogP contribution in [0.15, 0.2) is 42.5 Å². The van der Waals surface area contributed by atoms with Crippen LogP contribution < -0.4 is 9.47 Å². The topological polar surface area (TPSA) is 18.5 Å². The van der Waals surface area contributed by atoms with Crippen molar-refractivity contribution < 1.29 is 9.47 Å². The lowest BCUT2D eigenvalue weighted by atomic mass is 10.0. The van der Waals surface area contributed by atoms with Gasteiger partial charge in [-0.15, -0.1) is 0 Å². The smallest absolute Gasteiger partial charge is 0.122 e. The fraction of sp³-hybridized carbons (Fsp3) is 0.294. The third-order valence-electron chi connectivity index (χ3n) is 3.67. The molecule has 0 bridgehead atoms. The number of ether oxygens (including phenoxy) is 2. The molecule has 1 aliphatic heterocycles. The predicted molar refractivity (Wildman–Crippen MR) is 84.0 cm³/mol. The highest BCUT2D eigenvalue weighted by Gasteiger charge is 2.16. The molecule has 0 N–H and O–H groups in total. The molecule has 0 amide bonds. The molecule has 1 atom stereocenters. The van der Waals surface area contributed by atoms with Crippen LogP contribution in [0, 0.1) is 0 Å². The summed E-state index contributed by atoms with van der Waals surface area (Å²) in [6, 6.07) is 14.6. The standard InChI is InChI=1S/C17H17BrO2/c1-19-16-5-3-2-4-13(16)11-15(18)12-6-7-17-14(10-12)8-9-20-17/h2-7,10,15H,8-9,11H2,1H3. The van der Waals surface area contributed by atoms with Crippen molar-refractivity contribution in [3.63, 3.8) is 0 Å². The monoisotopic (exact) mass is 332 g/mol. The molecule has 0 aromatic heterocycles. The molecule has 0 saturated carbocycles. The number of alkyl halides is 1. The maximum Gasteiger partial charge on any atom is 0.122 e. The average Bonchev–Trinajstić information content (AvgIpc) is 2.95. The first-order valence-electron chi connectivity index (χ1n) is 6.79. The summed E-state index contributed by atoms with van der Waals surface area (Å²) in [6.07, 6.45) is 1.92. The highest BCUT2D eigenvalue weighted by atomic mass is 79.9. The minimum absolute atomic E-state index is 0.282. The second-order valence-corrected chi connectivity index (χ2v) is 6.05. The number of benzene rings is 2. The first-order chi connectivity index (χ1) is 9.78. The van der Waals surface area contributed by atoms with E-state index >= 15 is 0 Å². The van der Waals surface area contributed by atoms with Gasteiger partial charge in [0.05, 0.1) is 13.7 Å².